The lowest BCUT2D eigenvalue weighted by Crippen LogP contribution is -2.38. The Bertz CT molecular complexity index is 585. The summed E-state index contributed by atoms with van der Waals surface area (Å²) in [6.07, 6.45) is 4.00. The zero-order valence-electron chi connectivity index (χ0n) is 13.4. The fourth-order valence-electron chi connectivity index (χ4n) is 3.65. The molecule has 24 heavy (non-hydrogen) atoms. The minimum Gasteiger partial charge on any atom is -0.488 e. The number of hydrogen-bond acceptors (Lipinski definition) is 3. The van der Waals surface area contributed by atoms with Crippen LogP contribution in [-0.2, 0) is 4.79 Å². The molecule has 1 aromatic rings. The highest BCUT2D eigenvalue weighted by molar-refractivity contribution is 6.42. The quantitative estimate of drug-likeness (QED) is 0.847. The average molecular weight is 394 g/mol. The van der Waals surface area contributed by atoms with E-state index in [1.54, 1.807) is 18.2 Å². The Hall–Kier alpha value is -0.680. The highest BCUT2D eigenvalue weighted by Crippen LogP contribution is 2.34. The summed E-state index contributed by atoms with van der Waals surface area (Å²) in [5.74, 6) is 1.39. The van der Waals surface area contributed by atoms with Crippen molar-refractivity contribution in [1.29, 1.82) is 0 Å². The second kappa shape index (κ2) is 8.61. The first kappa shape index (κ1) is 19.6. The van der Waals surface area contributed by atoms with E-state index in [9.17, 15) is 4.79 Å². The zero-order valence-corrected chi connectivity index (χ0v) is 15.7. The molecule has 1 aromatic carbocycles. The van der Waals surface area contributed by atoms with Crippen molar-refractivity contribution in [2.24, 2.45) is 17.6 Å². The van der Waals surface area contributed by atoms with E-state index in [1.165, 1.54) is 0 Å². The molecule has 2 fully saturated rings. The van der Waals surface area contributed by atoms with E-state index < -0.39 is 0 Å². The van der Waals surface area contributed by atoms with Gasteiger partial charge in [-0.2, -0.15) is 0 Å². The summed E-state index contributed by atoms with van der Waals surface area (Å²) >= 11 is 11.9. The van der Waals surface area contributed by atoms with Gasteiger partial charge in [0, 0.05) is 24.9 Å². The van der Waals surface area contributed by atoms with Crippen LogP contribution in [0.2, 0.25) is 10.0 Å². The third-order valence-electron chi connectivity index (χ3n) is 4.93. The number of nitrogens with two attached hydrogens (primary N) is 1. The van der Waals surface area contributed by atoms with Gasteiger partial charge in [-0.3, -0.25) is 4.79 Å². The fourth-order valence-corrected chi connectivity index (χ4v) is 3.93. The van der Waals surface area contributed by atoms with E-state index in [0.29, 0.717) is 34.8 Å². The molecule has 3 rings (SSSR count). The fraction of sp³-hybridized carbons (Fsp3) is 0.588. The predicted octanol–water partition coefficient (Wildman–Crippen LogP) is 3.77. The highest BCUT2D eigenvalue weighted by atomic mass is 35.5. The Morgan fingerprint density at radius 3 is 2.75 bits per heavy atom. The van der Waals surface area contributed by atoms with E-state index in [2.05, 4.69) is 0 Å². The van der Waals surface area contributed by atoms with Gasteiger partial charge in [0.1, 0.15) is 11.9 Å². The highest BCUT2D eigenvalue weighted by Gasteiger charge is 2.37. The van der Waals surface area contributed by atoms with Crippen LogP contribution in [-0.4, -0.2) is 36.5 Å². The molecule has 0 aromatic heterocycles. The molecule has 1 unspecified atom stereocenters. The summed E-state index contributed by atoms with van der Waals surface area (Å²) in [5.41, 5.74) is 5.80. The maximum Gasteiger partial charge on any atom is 0.226 e. The Kier molecular flexibility index (Phi) is 7.05. The van der Waals surface area contributed by atoms with E-state index in [4.69, 9.17) is 33.7 Å². The third kappa shape index (κ3) is 4.29. The van der Waals surface area contributed by atoms with E-state index in [1.807, 2.05) is 4.90 Å². The Balaban J connectivity index is 0.00000208. The monoisotopic (exact) mass is 392 g/mol. The van der Waals surface area contributed by atoms with Crippen LogP contribution in [0.5, 0.6) is 5.75 Å². The lowest BCUT2D eigenvalue weighted by Gasteiger charge is -2.24. The van der Waals surface area contributed by atoms with Gasteiger partial charge in [-0.05, 0) is 37.4 Å². The van der Waals surface area contributed by atoms with Gasteiger partial charge in [-0.1, -0.05) is 29.6 Å². The molecule has 3 atom stereocenters. The summed E-state index contributed by atoms with van der Waals surface area (Å²) < 4.78 is 5.95. The molecule has 1 saturated carbocycles. The van der Waals surface area contributed by atoms with Crippen LogP contribution in [0.3, 0.4) is 0 Å². The number of nitrogens with zero attached hydrogens (tertiary/aromatic N) is 1. The molecule has 2 N–H and O–H groups in total. The Morgan fingerprint density at radius 2 is 2.04 bits per heavy atom. The minimum atomic E-state index is 0. The maximum atomic E-state index is 12.7. The number of likely N-dealkylation sites (tertiary alicyclic amines) is 1. The number of amides is 1. The van der Waals surface area contributed by atoms with Crippen molar-refractivity contribution in [1.82, 2.24) is 4.90 Å². The molecular formula is C17H23Cl3N2O2. The summed E-state index contributed by atoms with van der Waals surface area (Å²) in [5, 5.41) is 0.989. The second-order valence-electron chi connectivity index (χ2n) is 6.42. The van der Waals surface area contributed by atoms with Gasteiger partial charge in [0.25, 0.3) is 0 Å². The van der Waals surface area contributed by atoms with E-state index >= 15 is 0 Å². The molecule has 1 saturated heterocycles. The zero-order chi connectivity index (χ0) is 16.4. The van der Waals surface area contributed by atoms with Crippen LogP contribution < -0.4 is 10.5 Å². The smallest absolute Gasteiger partial charge is 0.226 e. The van der Waals surface area contributed by atoms with Crippen molar-refractivity contribution >= 4 is 41.5 Å². The van der Waals surface area contributed by atoms with Crippen molar-refractivity contribution in [2.45, 2.75) is 31.8 Å². The topological polar surface area (TPSA) is 55.6 Å². The maximum absolute atomic E-state index is 12.7. The Labute approximate surface area is 159 Å². The number of benzene rings is 1. The lowest BCUT2D eigenvalue weighted by molar-refractivity contribution is -0.135. The van der Waals surface area contributed by atoms with Crippen molar-refractivity contribution in [3.63, 3.8) is 0 Å². The summed E-state index contributed by atoms with van der Waals surface area (Å²) in [6, 6.07) is 5.25. The first-order valence-corrected chi connectivity index (χ1v) is 8.94. The van der Waals surface area contributed by atoms with Gasteiger partial charge < -0.3 is 15.4 Å². The van der Waals surface area contributed by atoms with Crippen molar-refractivity contribution in [3.8, 4) is 5.75 Å². The standard InChI is InChI=1S/C17H22Cl2N2O2.ClH/c18-15-5-4-12(8-16(15)19)23-13-6-7-21(10-13)17(22)14-3-1-2-11(14)9-20;/h4-5,8,11,13-14H,1-3,6-7,9-10,20H2;1H/t11-,13?,14-;/m1./s1. The minimum absolute atomic E-state index is 0. The first-order valence-electron chi connectivity index (χ1n) is 8.19. The third-order valence-corrected chi connectivity index (χ3v) is 5.67. The molecule has 0 spiro atoms. The van der Waals surface area contributed by atoms with Crippen LogP contribution in [0.1, 0.15) is 25.7 Å². The van der Waals surface area contributed by atoms with Gasteiger partial charge in [0.2, 0.25) is 5.91 Å². The number of ether oxygens (including phenoxy) is 1. The first-order chi connectivity index (χ1) is 11.1. The number of carbonyl (C=O) groups is 1. The Morgan fingerprint density at radius 1 is 1.25 bits per heavy atom. The molecule has 4 nitrogen and oxygen atoms in total. The van der Waals surface area contributed by atoms with Crippen molar-refractivity contribution in [2.75, 3.05) is 19.6 Å². The molecule has 0 radical (unpaired) electrons. The molecule has 7 heteroatoms. The summed E-state index contributed by atoms with van der Waals surface area (Å²) in [6.45, 7) is 1.99. The van der Waals surface area contributed by atoms with Crippen molar-refractivity contribution in [3.05, 3.63) is 28.2 Å². The van der Waals surface area contributed by atoms with Crippen molar-refractivity contribution < 1.29 is 9.53 Å². The van der Waals surface area contributed by atoms with Crippen LogP contribution in [0.25, 0.3) is 0 Å². The molecule has 1 amide bonds. The molecule has 1 aliphatic carbocycles. The molecule has 134 valence electrons. The molecule has 1 aliphatic heterocycles. The molecular weight excluding hydrogens is 371 g/mol. The predicted molar refractivity (Wildman–Crippen MR) is 99.2 cm³/mol. The van der Waals surface area contributed by atoms with Gasteiger partial charge in [0.15, 0.2) is 0 Å². The van der Waals surface area contributed by atoms with E-state index in [0.717, 1.165) is 32.2 Å². The molecule has 2 aliphatic rings. The summed E-state index contributed by atoms with van der Waals surface area (Å²) in [7, 11) is 0. The normalized spacial score (nSPS) is 26.3. The second-order valence-corrected chi connectivity index (χ2v) is 7.24. The van der Waals surface area contributed by atoms with Crippen LogP contribution in [0.4, 0.5) is 0 Å². The van der Waals surface area contributed by atoms with Crippen LogP contribution >= 0.6 is 35.6 Å². The number of halogens is 3. The van der Waals surface area contributed by atoms with Gasteiger partial charge in [-0.25, -0.2) is 0 Å². The average Bonchev–Trinajstić information content (AvgIpc) is 3.19. The van der Waals surface area contributed by atoms with Gasteiger partial charge in [-0.15, -0.1) is 12.4 Å². The van der Waals surface area contributed by atoms with E-state index in [-0.39, 0.29) is 30.3 Å². The van der Waals surface area contributed by atoms with Gasteiger partial charge >= 0.3 is 0 Å². The van der Waals surface area contributed by atoms with Gasteiger partial charge in [0.05, 0.1) is 16.6 Å². The van der Waals surface area contributed by atoms with Crippen LogP contribution in [0, 0.1) is 11.8 Å². The summed E-state index contributed by atoms with van der Waals surface area (Å²) in [4.78, 5) is 14.6. The number of hydrogen-bond donors (Lipinski definition) is 1. The van der Waals surface area contributed by atoms with Crippen LogP contribution in [0.15, 0.2) is 18.2 Å². The number of carbonyl (C=O) groups excluding carboxylic acids is 1. The number of rotatable bonds is 4. The largest absolute Gasteiger partial charge is 0.488 e. The SMILES string of the molecule is Cl.NC[C@H]1CCC[C@H]1C(=O)N1CCC(Oc2ccc(Cl)c(Cl)c2)C1. The lowest BCUT2D eigenvalue weighted by atomic mass is 9.95. The molecule has 1 heterocycles. The molecule has 0 bridgehead atoms.